The number of nitriles is 1. The molecule has 0 unspecified atom stereocenters. The minimum Gasteiger partial charge on any atom is -0.378 e. The monoisotopic (exact) mass is 365 g/mol. The molecule has 0 saturated carbocycles. The quantitative estimate of drug-likeness (QED) is 0.851. The number of amides is 1. The van der Waals surface area contributed by atoms with Crippen molar-refractivity contribution in [1.29, 1.82) is 5.26 Å². The third-order valence-electron chi connectivity index (χ3n) is 4.60. The van der Waals surface area contributed by atoms with Gasteiger partial charge in [0, 0.05) is 32.4 Å². The molecule has 27 heavy (non-hydrogen) atoms. The number of ether oxygens (including phenoxy) is 2. The highest BCUT2D eigenvalue weighted by atomic mass is 16.5. The number of morpholine rings is 1. The zero-order valence-corrected chi connectivity index (χ0v) is 15.4. The van der Waals surface area contributed by atoms with Gasteiger partial charge in [0.2, 0.25) is 0 Å². The Morgan fingerprint density at radius 2 is 1.85 bits per heavy atom. The van der Waals surface area contributed by atoms with Gasteiger partial charge in [-0.05, 0) is 35.4 Å². The van der Waals surface area contributed by atoms with E-state index in [1.165, 1.54) is 7.11 Å². The van der Waals surface area contributed by atoms with Crippen molar-refractivity contribution >= 4 is 11.6 Å². The van der Waals surface area contributed by atoms with Crippen LogP contribution in [0.15, 0.2) is 48.5 Å². The van der Waals surface area contributed by atoms with Gasteiger partial charge in [-0.15, -0.1) is 0 Å². The Balaban J connectivity index is 1.61. The predicted octanol–water partition coefficient (Wildman–Crippen LogP) is 2.40. The summed E-state index contributed by atoms with van der Waals surface area (Å²) in [5, 5.41) is 11.7. The van der Waals surface area contributed by atoms with Crippen LogP contribution in [-0.4, -0.2) is 39.3 Å². The first-order chi connectivity index (χ1) is 13.2. The van der Waals surface area contributed by atoms with Crippen LogP contribution in [0.3, 0.4) is 0 Å². The maximum Gasteiger partial charge on any atom is 0.254 e. The first-order valence-electron chi connectivity index (χ1n) is 8.93. The normalized spacial score (nSPS) is 15.0. The van der Waals surface area contributed by atoms with Gasteiger partial charge in [-0.2, -0.15) is 5.26 Å². The summed E-state index contributed by atoms with van der Waals surface area (Å²) < 4.78 is 10.8. The minimum absolute atomic E-state index is 0.194. The number of methoxy groups -OCH3 is 1. The van der Waals surface area contributed by atoms with Gasteiger partial charge in [0.25, 0.3) is 5.91 Å². The summed E-state index contributed by atoms with van der Waals surface area (Å²) >= 11 is 0. The lowest BCUT2D eigenvalue weighted by molar-refractivity contribution is -0.131. The summed E-state index contributed by atoms with van der Waals surface area (Å²) in [5.41, 5.74) is 3.46. The van der Waals surface area contributed by atoms with Crippen LogP contribution in [0.4, 0.5) is 5.69 Å². The van der Waals surface area contributed by atoms with E-state index in [0.717, 1.165) is 43.1 Å². The number of carbonyl (C=O) groups is 1. The van der Waals surface area contributed by atoms with E-state index in [1.807, 2.05) is 36.4 Å². The van der Waals surface area contributed by atoms with Crippen LogP contribution in [0.5, 0.6) is 0 Å². The number of anilines is 1. The maximum atomic E-state index is 12.5. The Bertz CT molecular complexity index is 791. The van der Waals surface area contributed by atoms with Crippen LogP contribution in [0.25, 0.3) is 0 Å². The fourth-order valence-corrected chi connectivity index (χ4v) is 3.05. The van der Waals surface area contributed by atoms with E-state index < -0.39 is 6.10 Å². The van der Waals surface area contributed by atoms with Crippen molar-refractivity contribution < 1.29 is 14.3 Å². The first kappa shape index (κ1) is 18.9. The summed E-state index contributed by atoms with van der Waals surface area (Å²) in [6, 6.07) is 17.1. The van der Waals surface area contributed by atoms with Crippen LogP contribution in [0.2, 0.25) is 0 Å². The molecule has 1 fully saturated rings. The second-order valence-electron chi connectivity index (χ2n) is 6.33. The van der Waals surface area contributed by atoms with Gasteiger partial charge in [-0.1, -0.05) is 24.3 Å². The van der Waals surface area contributed by atoms with Crippen molar-refractivity contribution in [2.75, 3.05) is 38.3 Å². The molecule has 1 aliphatic rings. The van der Waals surface area contributed by atoms with Gasteiger partial charge in [-0.25, -0.2) is 0 Å². The third kappa shape index (κ3) is 4.85. The molecule has 2 aromatic rings. The molecular formula is C21H23N3O3. The SMILES string of the molecule is CO[C@H](C(=O)NCc1ccc(C#N)cc1)c1ccc(N2CCOCC2)cc1. The van der Waals surface area contributed by atoms with Crippen molar-refractivity contribution in [3.8, 4) is 6.07 Å². The molecule has 1 saturated heterocycles. The van der Waals surface area contributed by atoms with E-state index in [1.54, 1.807) is 12.1 Å². The van der Waals surface area contributed by atoms with Gasteiger partial charge in [-0.3, -0.25) is 4.79 Å². The average Bonchev–Trinajstić information content (AvgIpc) is 2.74. The summed E-state index contributed by atoms with van der Waals surface area (Å²) in [7, 11) is 1.53. The second-order valence-corrected chi connectivity index (χ2v) is 6.33. The Labute approximate surface area is 159 Å². The molecule has 0 radical (unpaired) electrons. The molecule has 1 aliphatic heterocycles. The largest absolute Gasteiger partial charge is 0.378 e. The fraction of sp³-hybridized carbons (Fsp3) is 0.333. The lowest BCUT2D eigenvalue weighted by Gasteiger charge is -2.29. The molecule has 1 N–H and O–H groups in total. The van der Waals surface area contributed by atoms with Crippen LogP contribution in [0.1, 0.15) is 22.8 Å². The highest BCUT2D eigenvalue weighted by Crippen LogP contribution is 2.22. The van der Waals surface area contributed by atoms with E-state index in [-0.39, 0.29) is 5.91 Å². The number of hydrogen-bond donors (Lipinski definition) is 1. The summed E-state index contributed by atoms with van der Waals surface area (Å²) in [4.78, 5) is 14.8. The van der Waals surface area contributed by atoms with E-state index >= 15 is 0 Å². The molecule has 6 heteroatoms. The molecule has 0 spiro atoms. The van der Waals surface area contributed by atoms with Crippen LogP contribution < -0.4 is 10.2 Å². The number of benzene rings is 2. The van der Waals surface area contributed by atoms with Gasteiger partial charge >= 0.3 is 0 Å². The number of nitrogens with zero attached hydrogens (tertiary/aromatic N) is 2. The van der Waals surface area contributed by atoms with Crippen LogP contribution >= 0.6 is 0 Å². The summed E-state index contributed by atoms with van der Waals surface area (Å²) in [6.45, 7) is 3.60. The zero-order valence-electron chi connectivity index (χ0n) is 15.4. The Kier molecular flexibility index (Phi) is 6.42. The molecule has 0 aliphatic carbocycles. The van der Waals surface area contributed by atoms with Crippen molar-refractivity contribution in [3.05, 3.63) is 65.2 Å². The standard InChI is InChI=1S/C21H23N3O3/c1-26-20(21(25)23-15-17-4-2-16(14-22)3-5-17)18-6-8-19(9-7-18)24-10-12-27-13-11-24/h2-9,20H,10-13,15H2,1H3,(H,23,25)/t20-/m0/s1. The summed E-state index contributed by atoms with van der Waals surface area (Å²) in [6.07, 6.45) is -0.665. The lowest BCUT2D eigenvalue weighted by atomic mass is 10.1. The van der Waals surface area contributed by atoms with Crippen molar-refractivity contribution in [3.63, 3.8) is 0 Å². The van der Waals surface area contributed by atoms with Crippen molar-refractivity contribution in [1.82, 2.24) is 5.32 Å². The van der Waals surface area contributed by atoms with E-state index in [4.69, 9.17) is 14.7 Å². The topological polar surface area (TPSA) is 74.6 Å². The van der Waals surface area contributed by atoms with Gasteiger partial charge in [0.15, 0.2) is 6.10 Å². The van der Waals surface area contributed by atoms with Crippen LogP contribution in [-0.2, 0) is 20.8 Å². The van der Waals surface area contributed by atoms with Gasteiger partial charge < -0.3 is 19.7 Å². The summed E-state index contributed by atoms with van der Waals surface area (Å²) in [5.74, 6) is -0.194. The Morgan fingerprint density at radius 3 is 2.44 bits per heavy atom. The van der Waals surface area contributed by atoms with Crippen molar-refractivity contribution in [2.24, 2.45) is 0 Å². The van der Waals surface area contributed by atoms with E-state index in [9.17, 15) is 4.79 Å². The maximum absolute atomic E-state index is 12.5. The Hall–Kier alpha value is -2.88. The second kappa shape index (κ2) is 9.17. The molecule has 3 rings (SSSR count). The molecule has 0 bridgehead atoms. The molecule has 140 valence electrons. The highest BCUT2D eigenvalue weighted by molar-refractivity contribution is 5.82. The first-order valence-corrected chi connectivity index (χ1v) is 8.93. The van der Waals surface area contributed by atoms with E-state index in [2.05, 4.69) is 16.3 Å². The fourth-order valence-electron chi connectivity index (χ4n) is 3.05. The molecule has 1 atom stereocenters. The minimum atomic E-state index is -0.665. The number of rotatable bonds is 6. The van der Waals surface area contributed by atoms with Crippen LogP contribution in [0, 0.1) is 11.3 Å². The third-order valence-corrected chi connectivity index (χ3v) is 4.60. The van der Waals surface area contributed by atoms with Gasteiger partial charge in [0.05, 0.1) is 24.8 Å². The average molecular weight is 365 g/mol. The lowest BCUT2D eigenvalue weighted by Crippen LogP contribution is -2.36. The molecule has 2 aromatic carbocycles. The highest BCUT2D eigenvalue weighted by Gasteiger charge is 2.20. The molecule has 1 amide bonds. The molecular weight excluding hydrogens is 342 g/mol. The number of hydrogen-bond acceptors (Lipinski definition) is 5. The molecule has 1 heterocycles. The molecule has 0 aromatic heterocycles. The van der Waals surface area contributed by atoms with Crippen molar-refractivity contribution in [2.45, 2.75) is 12.6 Å². The van der Waals surface area contributed by atoms with E-state index in [0.29, 0.717) is 12.1 Å². The Morgan fingerprint density at radius 1 is 1.19 bits per heavy atom. The predicted molar refractivity (Wildman–Crippen MR) is 102 cm³/mol. The van der Waals surface area contributed by atoms with Gasteiger partial charge in [0.1, 0.15) is 0 Å². The zero-order chi connectivity index (χ0) is 19.1. The number of carbonyl (C=O) groups excluding carboxylic acids is 1. The molecule has 6 nitrogen and oxygen atoms in total. The number of nitrogens with one attached hydrogen (secondary N) is 1. The smallest absolute Gasteiger partial charge is 0.254 e.